The number of carbonyl (C=O) groups is 1. The van der Waals surface area contributed by atoms with E-state index in [-0.39, 0.29) is 5.91 Å². The number of rotatable bonds is 5. The van der Waals surface area contributed by atoms with E-state index in [1.165, 1.54) is 25.7 Å². The van der Waals surface area contributed by atoms with Gasteiger partial charge in [0.05, 0.1) is 0 Å². The van der Waals surface area contributed by atoms with Crippen LogP contribution in [0.5, 0.6) is 0 Å². The van der Waals surface area contributed by atoms with E-state index in [4.69, 9.17) is 0 Å². The third-order valence-corrected chi connectivity index (χ3v) is 3.69. The van der Waals surface area contributed by atoms with Gasteiger partial charge in [-0.25, -0.2) is 0 Å². The Kier molecular flexibility index (Phi) is 2.63. The van der Waals surface area contributed by atoms with Crippen LogP contribution in [0.2, 0.25) is 0 Å². The molecule has 2 fully saturated rings. The van der Waals surface area contributed by atoms with E-state index in [0.717, 1.165) is 17.8 Å². The lowest BCUT2D eigenvalue weighted by Crippen LogP contribution is -2.31. The molecule has 0 aromatic rings. The largest absolute Gasteiger partial charge is 0.356 e. The average Bonchev–Trinajstić information content (AvgIpc) is 2.95. The van der Waals surface area contributed by atoms with Crippen molar-refractivity contribution in [3.05, 3.63) is 0 Å². The molecule has 2 aliphatic rings. The zero-order chi connectivity index (χ0) is 9.31. The fraction of sp³-hybridized carbons (Fsp3) is 0.900. The number of alkyl halides is 1. The van der Waals surface area contributed by atoms with Crippen molar-refractivity contribution < 1.29 is 4.79 Å². The van der Waals surface area contributed by atoms with Crippen LogP contribution in [0.4, 0.5) is 0 Å². The van der Waals surface area contributed by atoms with Crippen LogP contribution < -0.4 is 5.32 Å². The summed E-state index contributed by atoms with van der Waals surface area (Å²) in [6, 6.07) is 0. The second kappa shape index (κ2) is 3.60. The fourth-order valence-electron chi connectivity index (χ4n) is 2.03. The second-order valence-corrected chi connectivity index (χ2v) is 5.15. The molecule has 0 aromatic carbocycles. The van der Waals surface area contributed by atoms with Gasteiger partial charge in [-0.3, -0.25) is 4.79 Å². The average molecular weight is 246 g/mol. The molecule has 2 nitrogen and oxygen atoms in total. The molecule has 3 heteroatoms. The first-order valence-corrected chi connectivity index (χ1v) is 6.22. The maximum Gasteiger partial charge on any atom is 0.220 e. The molecule has 1 N–H and O–H groups in total. The Morgan fingerprint density at radius 3 is 2.62 bits per heavy atom. The maximum absolute atomic E-state index is 11.2. The third kappa shape index (κ3) is 2.25. The summed E-state index contributed by atoms with van der Waals surface area (Å²) in [5.74, 6) is 1.14. The summed E-state index contributed by atoms with van der Waals surface area (Å²) in [4.78, 5) is 11.2. The Bertz CT molecular complexity index is 209. The molecule has 0 aromatic heterocycles. The van der Waals surface area contributed by atoms with Crippen LogP contribution in [0, 0.1) is 11.3 Å². The molecule has 2 rings (SSSR count). The quantitative estimate of drug-likeness (QED) is 0.739. The van der Waals surface area contributed by atoms with Crippen LogP contribution >= 0.6 is 15.9 Å². The normalized spacial score (nSPS) is 24.1. The predicted octanol–water partition coefficient (Wildman–Crippen LogP) is 2.08. The van der Waals surface area contributed by atoms with Crippen molar-refractivity contribution in [2.24, 2.45) is 11.3 Å². The van der Waals surface area contributed by atoms with Gasteiger partial charge in [-0.1, -0.05) is 15.9 Å². The van der Waals surface area contributed by atoms with Gasteiger partial charge in [0.1, 0.15) is 0 Å². The highest BCUT2D eigenvalue weighted by atomic mass is 79.9. The molecule has 0 atom stereocenters. The van der Waals surface area contributed by atoms with E-state index in [1.807, 2.05) is 0 Å². The van der Waals surface area contributed by atoms with Crippen molar-refractivity contribution >= 4 is 21.8 Å². The molecule has 0 radical (unpaired) electrons. The van der Waals surface area contributed by atoms with Gasteiger partial charge in [0.15, 0.2) is 0 Å². The highest BCUT2D eigenvalue weighted by Gasteiger charge is 2.53. The van der Waals surface area contributed by atoms with Crippen molar-refractivity contribution in [1.82, 2.24) is 5.32 Å². The number of hydrogen-bond donors (Lipinski definition) is 1. The molecule has 13 heavy (non-hydrogen) atoms. The fourth-order valence-corrected chi connectivity index (χ4v) is 2.39. The van der Waals surface area contributed by atoms with Crippen molar-refractivity contribution in [3.8, 4) is 0 Å². The Balaban J connectivity index is 1.69. The molecular weight excluding hydrogens is 230 g/mol. The lowest BCUT2D eigenvalue weighted by Gasteiger charge is -2.14. The third-order valence-electron chi connectivity index (χ3n) is 3.29. The lowest BCUT2D eigenvalue weighted by atomic mass is 10.0. The molecule has 0 spiro atoms. The van der Waals surface area contributed by atoms with Crippen LogP contribution in [0.3, 0.4) is 0 Å². The molecule has 74 valence electrons. The minimum atomic E-state index is 0.198. The minimum Gasteiger partial charge on any atom is -0.356 e. The van der Waals surface area contributed by atoms with Gasteiger partial charge in [-0.15, -0.1) is 0 Å². The van der Waals surface area contributed by atoms with Gasteiger partial charge in [0, 0.05) is 18.3 Å². The van der Waals surface area contributed by atoms with E-state index in [9.17, 15) is 4.79 Å². The van der Waals surface area contributed by atoms with Gasteiger partial charge in [-0.2, -0.15) is 0 Å². The molecule has 0 heterocycles. The van der Waals surface area contributed by atoms with Gasteiger partial charge < -0.3 is 5.32 Å². The number of halogens is 1. The summed E-state index contributed by atoms with van der Waals surface area (Å²) in [5.41, 5.74) is 0.544. The summed E-state index contributed by atoms with van der Waals surface area (Å²) in [5, 5.41) is 3.81. The van der Waals surface area contributed by atoms with Gasteiger partial charge in [0.2, 0.25) is 5.91 Å². The van der Waals surface area contributed by atoms with Crippen molar-refractivity contribution in [2.75, 3.05) is 11.9 Å². The van der Waals surface area contributed by atoms with Gasteiger partial charge in [0.25, 0.3) is 0 Å². The molecule has 0 bridgehead atoms. The molecule has 1 amide bonds. The second-order valence-electron chi connectivity index (χ2n) is 4.35. The highest BCUT2D eigenvalue weighted by molar-refractivity contribution is 9.09. The highest BCUT2D eigenvalue weighted by Crippen LogP contribution is 2.60. The van der Waals surface area contributed by atoms with Crippen molar-refractivity contribution in [1.29, 1.82) is 0 Å². The van der Waals surface area contributed by atoms with Crippen LogP contribution in [-0.2, 0) is 4.79 Å². The van der Waals surface area contributed by atoms with Gasteiger partial charge >= 0.3 is 0 Å². The van der Waals surface area contributed by atoms with Crippen LogP contribution in [0.15, 0.2) is 0 Å². The van der Waals surface area contributed by atoms with Crippen molar-refractivity contribution in [2.45, 2.75) is 32.1 Å². The molecule has 0 aliphatic heterocycles. The van der Waals surface area contributed by atoms with Crippen LogP contribution in [0.25, 0.3) is 0 Å². The summed E-state index contributed by atoms with van der Waals surface area (Å²) in [7, 11) is 0. The molecule has 0 saturated heterocycles. The Morgan fingerprint density at radius 2 is 2.15 bits per heavy atom. The van der Waals surface area contributed by atoms with E-state index >= 15 is 0 Å². The van der Waals surface area contributed by atoms with Crippen LogP contribution in [0.1, 0.15) is 32.1 Å². The molecule has 0 unspecified atom stereocenters. The van der Waals surface area contributed by atoms with Crippen LogP contribution in [-0.4, -0.2) is 17.8 Å². The summed E-state index contributed by atoms with van der Waals surface area (Å²) in [6.07, 6.45) is 6.09. The summed E-state index contributed by atoms with van der Waals surface area (Å²) >= 11 is 3.27. The number of carbonyl (C=O) groups excluding carboxylic acids is 1. The zero-order valence-electron chi connectivity index (χ0n) is 7.81. The predicted molar refractivity (Wildman–Crippen MR) is 55.8 cm³/mol. The number of hydrogen-bond acceptors (Lipinski definition) is 1. The van der Waals surface area contributed by atoms with E-state index in [1.54, 1.807) is 0 Å². The Labute approximate surface area is 87.6 Å². The zero-order valence-corrected chi connectivity index (χ0v) is 9.40. The Hall–Kier alpha value is -0.0500. The topological polar surface area (TPSA) is 29.1 Å². The first-order valence-electron chi connectivity index (χ1n) is 5.09. The molecular formula is C10H16BrNO. The molecule has 2 saturated carbocycles. The minimum absolute atomic E-state index is 0.198. The molecule has 2 aliphatic carbocycles. The van der Waals surface area contributed by atoms with E-state index in [2.05, 4.69) is 21.2 Å². The maximum atomic E-state index is 11.2. The van der Waals surface area contributed by atoms with Gasteiger partial charge in [-0.05, 0) is 37.0 Å². The van der Waals surface area contributed by atoms with Crippen molar-refractivity contribution in [3.63, 3.8) is 0 Å². The summed E-state index contributed by atoms with van der Waals surface area (Å²) < 4.78 is 0. The standard InChI is InChI=1S/C10H16BrNO/c11-6-3-9(13)12-7-10(4-5-10)8-1-2-8/h8H,1-7H2,(H,12,13). The summed E-state index contributed by atoms with van der Waals surface area (Å²) in [6.45, 7) is 0.934. The Morgan fingerprint density at radius 1 is 1.46 bits per heavy atom. The lowest BCUT2D eigenvalue weighted by molar-refractivity contribution is -0.120. The number of nitrogens with one attached hydrogen (secondary N) is 1. The van der Waals surface area contributed by atoms with E-state index in [0.29, 0.717) is 11.8 Å². The van der Waals surface area contributed by atoms with E-state index < -0.39 is 0 Å². The number of amides is 1. The SMILES string of the molecule is O=C(CCBr)NCC1(C2CC2)CC1. The first-order chi connectivity index (χ1) is 6.27. The smallest absolute Gasteiger partial charge is 0.220 e. The monoisotopic (exact) mass is 245 g/mol. The first kappa shape index (κ1) is 9.50.